The van der Waals surface area contributed by atoms with Crippen molar-refractivity contribution in [3.05, 3.63) is 0 Å². The number of hydrogen-bond acceptors (Lipinski definition) is 4. The summed E-state index contributed by atoms with van der Waals surface area (Å²) in [6.07, 6.45) is 2.78. The average molecular weight is 308 g/mol. The second kappa shape index (κ2) is 5.22. The van der Waals surface area contributed by atoms with Gasteiger partial charge in [0.25, 0.3) is 5.91 Å². The van der Waals surface area contributed by atoms with Crippen LogP contribution in [0.1, 0.15) is 33.1 Å². The smallest absolute Gasteiger partial charge is 0.325 e. The van der Waals surface area contributed by atoms with Gasteiger partial charge in [0.05, 0.1) is 0 Å². The van der Waals surface area contributed by atoms with Gasteiger partial charge in [0.2, 0.25) is 5.91 Å². The van der Waals surface area contributed by atoms with Gasteiger partial charge in [-0.2, -0.15) is 0 Å². The highest BCUT2D eigenvalue weighted by molar-refractivity contribution is 6.09. The second-order valence-corrected chi connectivity index (χ2v) is 7.03. The molecule has 3 fully saturated rings. The summed E-state index contributed by atoms with van der Waals surface area (Å²) < 4.78 is 0. The number of rotatable bonds is 4. The molecule has 0 radical (unpaired) electrons. The van der Waals surface area contributed by atoms with Crippen LogP contribution < -0.4 is 11.1 Å². The summed E-state index contributed by atoms with van der Waals surface area (Å²) in [7, 11) is 0. The lowest BCUT2D eigenvalue weighted by Crippen LogP contribution is -2.47. The van der Waals surface area contributed by atoms with Crippen molar-refractivity contribution >= 4 is 17.8 Å². The number of amides is 4. The van der Waals surface area contributed by atoms with Crippen LogP contribution in [0.4, 0.5) is 4.79 Å². The third-order valence-electron chi connectivity index (χ3n) is 5.30. The number of urea groups is 1. The maximum Gasteiger partial charge on any atom is 0.325 e. The highest BCUT2D eigenvalue weighted by Gasteiger charge is 2.56. The van der Waals surface area contributed by atoms with Crippen molar-refractivity contribution in [1.82, 2.24) is 15.1 Å². The van der Waals surface area contributed by atoms with E-state index in [0.717, 1.165) is 24.2 Å². The maximum atomic E-state index is 12.5. The lowest BCUT2D eigenvalue weighted by Gasteiger charge is -2.24. The molecule has 0 aromatic heterocycles. The van der Waals surface area contributed by atoms with E-state index >= 15 is 0 Å². The van der Waals surface area contributed by atoms with Gasteiger partial charge in [-0.05, 0) is 51.5 Å². The zero-order chi connectivity index (χ0) is 16.1. The van der Waals surface area contributed by atoms with Crippen molar-refractivity contribution in [3.8, 4) is 0 Å². The van der Waals surface area contributed by atoms with E-state index in [-0.39, 0.29) is 30.3 Å². The summed E-state index contributed by atoms with van der Waals surface area (Å²) in [5, 5.41) is 2.77. The Hall–Kier alpha value is -1.63. The van der Waals surface area contributed by atoms with Crippen LogP contribution in [0.2, 0.25) is 0 Å². The Labute approximate surface area is 130 Å². The van der Waals surface area contributed by atoms with Gasteiger partial charge in [0.1, 0.15) is 12.1 Å². The van der Waals surface area contributed by atoms with Crippen molar-refractivity contribution in [1.29, 1.82) is 0 Å². The molecule has 3 unspecified atom stereocenters. The SMILES string of the molecule is CC1CC(CN)CN1C(=O)CN1C(=O)NC(C)(C2CC2)C1=O. The molecule has 0 spiro atoms. The Balaban J connectivity index is 1.67. The van der Waals surface area contributed by atoms with Crippen LogP contribution in [-0.2, 0) is 9.59 Å². The van der Waals surface area contributed by atoms with E-state index in [4.69, 9.17) is 5.73 Å². The molecule has 22 heavy (non-hydrogen) atoms. The van der Waals surface area contributed by atoms with Gasteiger partial charge in [-0.1, -0.05) is 0 Å². The number of nitrogens with zero attached hydrogens (tertiary/aromatic N) is 2. The molecule has 4 amide bonds. The molecule has 2 saturated heterocycles. The highest BCUT2D eigenvalue weighted by Crippen LogP contribution is 2.42. The molecule has 0 bridgehead atoms. The molecular weight excluding hydrogens is 284 g/mol. The van der Waals surface area contributed by atoms with E-state index in [1.807, 2.05) is 6.92 Å². The summed E-state index contributed by atoms with van der Waals surface area (Å²) in [4.78, 5) is 39.9. The zero-order valence-electron chi connectivity index (χ0n) is 13.2. The number of likely N-dealkylation sites (tertiary alicyclic amines) is 1. The number of carbonyl (C=O) groups is 3. The van der Waals surface area contributed by atoms with Gasteiger partial charge < -0.3 is 16.0 Å². The predicted octanol–water partition coefficient (Wildman–Crippen LogP) is -0.0974. The first-order valence-corrected chi connectivity index (χ1v) is 8.00. The molecule has 2 aliphatic heterocycles. The van der Waals surface area contributed by atoms with Crippen LogP contribution in [-0.4, -0.2) is 58.9 Å². The van der Waals surface area contributed by atoms with E-state index in [9.17, 15) is 14.4 Å². The minimum atomic E-state index is -0.826. The molecule has 7 nitrogen and oxygen atoms in total. The number of nitrogens with one attached hydrogen (secondary N) is 1. The van der Waals surface area contributed by atoms with Crippen molar-refractivity contribution in [2.75, 3.05) is 19.6 Å². The second-order valence-electron chi connectivity index (χ2n) is 7.03. The van der Waals surface area contributed by atoms with Crippen molar-refractivity contribution in [3.63, 3.8) is 0 Å². The first-order valence-electron chi connectivity index (χ1n) is 8.00. The molecule has 2 heterocycles. The van der Waals surface area contributed by atoms with Crippen LogP contribution in [0, 0.1) is 11.8 Å². The van der Waals surface area contributed by atoms with Gasteiger partial charge in [0, 0.05) is 12.6 Å². The normalized spacial score (nSPS) is 35.2. The van der Waals surface area contributed by atoms with Crippen LogP contribution in [0.3, 0.4) is 0 Å². The van der Waals surface area contributed by atoms with E-state index in [1.54, 1.807) is 11.8 Å². The number of hydrogen-bond donors (Lipinski definition) is 2. The van der Waals surface area contributed by atoms with Crippen molar-refractivity contribution in [2.24, 2.45) is 17.6 Å². The van der Waals surface area contributed by atoms with E-state index < -0.39 is 11.6 Å². The van der Waals surface area contributed by atoms with Gasteiger partial charge in [-0.3, -0.25) is 14.5 Å². The molecule has 122 valence electrons. The number of nitrogens with two attached hydrogens (primary N) is 1. The lowest BCUT2D eigenvalue weighted by atomic mass is 9.96. The highest BCUT2D eigenvalue weighted by atomic mass is 16.2. The third kappa shape index (κ3) is 2.37. The van der Waals surface area contributed by atoms with Crippen LogP contribution >= 0.6 is 0 Å². The molecular formula is C15H24N4O3. The summed E-state index contributed by atoms with van der Waals surface area (Å²) in [5.74, 6) is 0.0674. The van der Waals surface area contributed by atoms with Gasteiger partial charge in [0.15, 0.2) is 0 Å². The summed E-state index contributed by atoms with van der Waals surface area (Å²) in [5.41, 5.74) is 4.85. The van der Waals surface area contributed by atoms with Crippen LogP contribution in [0.25, 0.3) is 0 Å². The third-order valence-corrected chi connectivity index (χ3v) is 5.30. The Kier molecular flexibility index (Phi) is 3.63. The van der Waals surface area contributed by atoms with E-state index in [1.165, 1.54) is 0 Å². The first kappa shape index (κ1) is 15.3. The Bertz CT molecular complexity index is 519. The molecule has 0 aromatic rings. The minimum Gasteiger partial charge on any atom is -0.338 e. The molecule has 3 aliphatic rings. The average Bonchev–Trinajstić information content (AvgIpc) is 3.23. The fourth-order valence-electron chi connectivity index (χ4n) is 3.68. The van der Waals surface area contributed by atoms with Crippen LogP contribution in [0.15, 0.2) is 0 Å². The zero-order valence-corrected chi connectivity index (χ0v) is 13.2. The first-order chi connectivity index (χ1) is 10.4. The van der Waals surface area contributed by atoms with Crippen LogP contribution in [0.5, 0.6) is 0 Å². The Morgan fingerprint density at radius 3 is 2.64 bits per heavy atom. The molecule has 1 saturated carbocycles. The number of imide groups is 1. The van der Waals surface area contributed by atoms with Crippen molar-refractivity contribution in [2.45, 2.75) is 44.7 Å². The lowest BCUT2D eigenvalue weighted by molar-refractivity contribution is -0.139. The van der Waals surface area contributed by atoms with Gasteiger partial charge in [-0.15, -0.1) is 0 Å². The Morgan fingerprint density at radius 2 is 2.09 bits per heavy atom. The monoisotopic (exact) mass is 308 g/mol. The van der Waals surface area contributed by atoms with Gasteiger partial charge in [-0.25, -0.2) is 4.79 Å². The molecule has 3 N–H and O–H groups in total. The topological polar surface area (TPSA) is 95.7 Å². The van der Waals surface area contributed by atoms with E-state index in [2.05, 4.69) is 5.32 Å². The fraction of sp³-hybridized carbons (Fsp3) is 0.800. The van der Waals surface area contributed by atoms with Gasteiger partial charge >= 0.3 is 6.03 Å². The quantitative estimate of drug-likeness (QED) is 0.709. The largest absolute Gasteiger partial charge is 0.338 e. The molecule has 3 atom stereocenters. The predicted molar refractivity (Wildman–Crippen MR) is 79.7 cm³/mol. The fourth-order valence-corrected chi connectivity index (χ4v) is 3.68. The standard InChI is InChI=1S/C15H24N4O3/c1-9-5-10(6-16)7-18(9)12(20)8-19-13(21)15(2,11-3-4-11)17-14(19)22/h9-11H,3-8,16H2,1-2H3,(H,17,22). The number of carbonyl (C=O) groups excluding carboxylic acids is 3. The molecule has 7 heteroatoms. The summed E-state index contributed by atoms with van der Waals surface area (Å²) >= 11 is 0. The molecule has 3 rings (SSSR count). The molecule has 0 aromatic carbocycles. The summed E-state index contributed by atoms with van der Waals surface area (Å²) in [6.45, 7) is 4.73. The Morgan fingerprint density at radius 1 is 1.41 bits per heavy atom. The van der Waals surface area contributed by atoms with E-state index in [0.29, 0.717) is 19.0 Å². The van der Waals surface area contributed by atoms with Crippen molar-refractivity contribution < 1.29 is 14.4 Å². The minimum absolute atomic E-state index is 0.108. The maximum absolute atomic E-state index is 12.5. The summed E-state index contributed by atoms with van der Waals surface area (Å²) in [6, 6.07) is -0.341. The molecule has 1 aliphatic carbocycles.